The van der Waals surface area contributed by atoms with Gasteiger partial charge in [-0.05, 0) is 20.8 Å². The number of rotatable bonds is 2. The summed E-state index contributed by atoms with van der Waals surface area (Å²) in [5.74, 6) is 0. The first-order valence-corrected chi connectivity index (χ1v) is 4.71. The van der Waals surface area contributed by atoms with Crippen molar-refractivity contribution in [2.45, 2.75) is 27.7 Å². The lowest BCUT2D eigenvalue weighted by atomic mass is 10.2. The van der Waals surface area contributed by atoms with E-state index < -0.39 is 0 Å². The quantitative estimate of drug-likeness (QED) is 0.567. The van der Waals surface area contributed by atoms with Gasteiger partial charge in [-0.25, -0.2) is 4.58 Å². The second kappa shape index (κ2) is 3.74. The predicted octanol–water partition coefficient (Wildman–Crippen LogP) is 1.68. The normalized spacial score (nSPS) is 18.3. The van der Waals surface area contributed by atoms with Gasteiger partial charge in [-0.2, -0.15) is 0 Å². The molecule has 0 saturated carbocycles. The molecular formula is C10H19N2+. The highest BCUT2D eigenvalue weighted by Crippen LogP contribution is 2.08. The van der Waals surface area contributed by atoms with Crippen molar-refractivity contribution in [2.24, 2.45) is 0 Å². The monoisotopic (exact) mass is 167 g/mol. The largest absolute Gasteiger partial charge is 0.361 e. The van der Waals surface area contributed by atoms with Crippen LogP contribution in [0.25, 0.3) is 0 Å². The van der Waals surface area contributed by atoms with Crippen LogP contribution < -0.4 is 0 Å². The summed E-state index contributed by atoms with van der Waals surface area (Å²) < 4.78 is 2.32. The Morgan fingerprint density at radius 1 is 1.42 bits per heavy atom. The molecule has 0 amide bonds. The van der Waals surface area contributed by atoms with E-state index in [4.69, 9.17) is 0 Å². The average Bonchev–Trinajstić information content (AvgIpc) is 2.08. The van der Waals surface area contributed by atoms with Crippen LogP contribution in [-0.4, -0.2) is 34.8 Å². The van der Waals surface area contributed by atoms with Crippen LogP contribution in [0.1, 0.15) is 27.7 Å². The predicted molar refractivity (Wildman–Crippen MR) is 52.5 cm³/mol. The van der Waals surface area contributed by atoms with Gasteiger partial charge >= 0.3 is 0 Å². The molecule has 1 rings (SSSR count). The molecule has 2 heteroatoms. The van der Waals surface area contributed by atoms with E-state index in [9.17, 15) is 0 Å². The zero-order chi connectivity index (χ0) is 9.14. The van der Waals surface area contributed by atoms with E-state index in [1.165, 1.54) is 11.4 Å². The summed E-state index contributed by atoms with van der Waals surface area (Å²) in [5.41, 5.74) is 2.83. The van der Waals surface area contributed by atoms with Crippen LogP contribution in [-0.2, 0) is 0 Å². The maximum absolute atomic E-state index is 2.39. The molecule has 0 N–H and O–H groups in total. The van der Waals surface area contributed by atoms with Crippen LogP contribution in [0.3, 0.4) is 0 Å². The van der Waals surface area contributed by atoms with Crippen molar-refractivity contribution in [1.29, 1.82) is 0 Å². The number of nitrogens with zero attached hydrogens (tertiary/aromatic N) is 2. The molecule has 1 aliphatic heterocycles. The minimum atomic E-state index is 1.08. The highest BCUT2D eigenvalue weighted by atomic mass is 15.2. The molecule has 0 aromatic heterocycles. The van der Waals surface area contributed by atoms with E-state index >= 15 is 0 Å². The van der Waals surface area contributed by atoms with Crippen LogP contribution in [0.5, 0.6) is 0 Å². The van der Waals surface area contributed by atoms with Crippen molar-refractivity contribution in [3.63, 3.8) is 0 Å². The van der Waals surface area contributed by atoms with Crippen LogP contribution in [0.15, 0.2) is 11.9 Å². The average molecular weight is 167 g/mol. The van der Waals surface area contributed by atoms with Gasteiger partial charge in [0.15, 0.2) is 11.9 Å². The summed E-state index contributed by atoms with van der Waals surface area (Å²) in [7, 11) is 0. The highest BCUT2D eigenvalue weighted by molar-refractivity contribution is 5.80. The van der Waals surface area contributed by atoms with Gasteiger partial charge in [0, 0.05) is 13.5 Å². The fourth-order valence-electron chi connectivity index (χ4n) is 1.63. The third kappa shape index (κ3) is 1.68. The van der Waals surface area contributed by atoms with Crippen molar-refractivity contribution < 1.29 is 4.58 Å². The SMILES string of the molecule is CCN1CC(C)=[N+](CC)C=C1C. The first kappa shape index (κ1) is 9.30. The van der Waals surface area contributed by atoms with E-state index in [-0.39, 0.29) is 0 Å². The smallest absolute Gasteiger partial charge is 0.187 e. The first-order valence-electron chi connectivity index (χ1n) is 4.71. The van der Waals surface area contributed by atoms with Crippen molar-refractivity contribution in [3.8, 4) is 0 Å². The number of hydrogen-bond acceptors (Lipinski definition) is 1. The Morgan fingerprint density at radius 2 is 2.08 bits per heavy atom. The Balaban J connectivity index is 2.83. The molecule has 0 fully saturated rings. The van der Waals surface area contributed by atoms with Crippen molar-refractivity contribution >= 4 is 5.71 Å². The van der Waals surface area contributed by atoms with Gasteiger partial charge < -0.3 is 4.90 Å². The summed E-state index contributed by atoms with van der Waals surface area (Å²) in [6.07, 6.45) is 2.24. The molecule has 1 aliphatic rings. The molecule has 0 aromatic rings. The van der Waals surface area contributed by atoms with Gasteiger partial charge in [0.25, 0.3) is 0 Å². The van der Waals surface area contributed by atoms with Gasteiger partial charge in [-0.3, -0.25) is 0 Å². The zero-order valence-corrected chi connectivity index (χ0v) is 8.59. The molecule has 0 radical (unpaired) electrons. The number of hydrogen-bond donors (Lipinski definition) is 0. The number of allylic oxidation sites excluding steroid dienone is 1. The van der Waals surface area contributed by atoms with Crippen LogP contribution >= 0.6 is 0 Å². The highest BCUT2D eigenvalue weighted by Gasteiger charge is 2.18. The Morgan fingerprint density at radius 3 is 2.58 bits per heavy atom. The molecule has 0 atom stereocenters. The van der Waals surface area contributed by atoms with E-state index in [2.05, 4.69) is 43.4 Å². The lowest BCUT2D eigenvalue weighted by Gasteiger charge is -2.24. The topological polar surface area (TPSA) is 6.25 Å². The first-order chi connectivity index (χ1) is 5.69. The third-order valence-corrected chi connectivity index (χ3v) is 2.47. The van der Waals surface area contributed by atoms with Gasteiger partial charge in [-0.1, -0.05) is 0 Å². The molecule has 0 bridgehead atoms. The van der Waals surface area contributed by atoms with Crippen LogP contribution in [0.4, 0.5) is 0 Å². The molecule has 68 valence electrons. The Labute approximate surface area is 75.2 Å². The molecule has 12 heavy (non-hydrogen) atoms. The van der Waals surface area contributed by atoms with Crippen LogP contribution in [0, 0.1) is 0 Å². The fourth-order valence-corrected chi connectivity index (χ4v) is 1.63. The molecule has 0 spiro atoms. The Bertz CT molecular complexity index is 226. The van der Waals surface area contributed by atoms with E-state index in [0.29, 0.717) is 0 Å². The molecule has 0 aromatic carbocycles. The molecule has 1 heterocycles. The maximum Gasteiger partial charge on any atom is 0.187 e. The molecule has 2 nitrogen and oxygen atoms in total. The van der Waals surface area contributed by atoms with E-state index in [1.807, 2.05) is 0 Å². The fraction of sp³-hybridized carbons (Fsp3) is 0.700. The second-order valence-electron chi connectivity index (χ2n) is 3.31. The van der Waals surface area contributed by atoms with Gasteiger partial charge in [-0.15, -0.1) is 0 Å². The lowest BCUT2D eigenvalue weighted by molar-refractivity contribution is -0.459. The van der Waals surface area contributed by atoms with Gasteiger partial charge in [0.2, 0.25) is 0 Å². The zero-order valence-electron chi connectivity index (χ0n) is 8.59. The van der Waals surface area contributed by atoms with Crippen LogP contribution in [0.2, 0.25) is 0 Å². The molecule has 0 unspecified atom stereocenters. The summed E-state index contributed by atoms with van der Waals surface area (Å²) in [6, 6.07) is 0. The van der Waals surface area contributed by atoms with E-state index in [0.717, 1.165) is 19.6 Å². The summed E-state index contributed by atoms with van der Waals surface area (Å²) in [4.78, 5) is 2.39. The van der Waals surface area contributed by atoms with Gasteiger partial charge in [0.1, 0.15) is 6.54 Å². The molecule has 0 saturated heterocycles. The second-order valence-corrected chi connectivity index (χ2v) is 3.31. The summed E-state index contributed by atoms with van der Waals surface area (Å²) in [6.45, 7) is 12.1. The third-order valence-electron chi connectivity index (χ3n) is 2.47. The molecular weight excluding hydrogens is 148 g/mol. The van der Waals surface area contributed by atoms with Crippen molar-refractivity contribution in [1.82, 2.24) is 4.90 Å². The Kier molecular flexibility index (Phi) is 2.90. The standard InChI is InChI=1S/C10H19N2/c1-5-11-7-10(4)12(6-2)8-9(11)3/h7H,5-6,8H2,1-4H3/q+1. The lowest BCUT2D eigenvalue weighted by Crippen LogP contribution is -2.35. The summed E-state index contributed by atoms with van der Waals surface area (Å²) >= 11 is 0. The maximum atomic E-state index is 2.39. The Hall–Kier alpha value is -0.790. The minimum Gasteiger partial charge on any atom is -0.361 e. The van der Waals surface area contributed by atoms with Crippen molar-refractivity contribution in [2.75, 3.05) is 19.6 Å². The summed E-state index contributed by atoms with van der Waals surface area (Å²) in [5, 5.41) is 0. The molecule has 0 aliphatic carbocycles. The minimum absolute atomic E-state index is 1.08. The van der Waals surface area contributed by atoms with Crippen molar-refractivity contribution in [3.05, 3.63) is 11.9 Å². The van der Waals surface area contributed by atoms with Gasteiger partial charge in [0.05, 0.1) is 12.2 Å². The van der Waals surface area contributed by atoms with E-state index in [1.54, 1.807) is 0 Å².